The molecule has 4 aromatic rings. The fourth-order valence-corrected chi connectivity index (χ4v) is 8.93. The minimum Gasteiger partial charge on any atom is -0.534 e. The molecule has 0 fully saturated rings. The van der Waals surface area contributed by atoms with Crippen molar-refractivity contribution in [1.82, 2.24) is 0 Å². The van der Waals surface area contributed by atoms with Crippen molar-refractivity contribution in [2.75, 3.05) is 0 Å². The smallest absolute Gasteiger partial charge is 0.319 e. The van der Waals surface area contributed by atoms with Crippen molar-refractivity contribution in [3.05, 3.63) is 113 Å². The molecule has 0 saturated heterocycles. The monoisotopic (exact) mass is 437 g/mol. The first-order valence-electron chi connectivity index (χ1n) is 10.8. The summed E-state index contributed by atoms with van der Waals surface area (Å²) in [6.07, 6.45) is 0. The topological polar surface area (TPSA) is 58.0 Å². The second-order valence-corrected chi connectivity index (χ2v) is 13.1. The van der Waals surface area contributed by atoms with Crippen molar-refractivity contribution < 1.29 is 4.43 Å². The van der Waals surface area contributed by atoms with Gasteiger partial charge in [0.05, 0.1) is 6.54 Å². The zero-order chi connectivity index (χ0) is 22.6. The summed E-state index contributed by atoms with van der Waals surface area (Å²) in [5, 5.41) is 8.21. The van der Waals surface area contributed by atoms with E-state index in [1.54, 1.807) is 0 Å². The van der Waals surface area contributed by atoms with Crippen LogP contribution in [0.1, 0.15) is 26.3 Å². The van der Waals surface area contributed by atoms with E-state index in [2.05, 4.69) is 110 Å². The third-order valence-corrected chi connectivity index (χ3v) is 10.9. The summed E-state index contributed by atoms with van der Waals surface area (Å²) in [5.74, 6) is 0.861. The molecule has 4 aromatic carbocycles. The number of rotatable bonds is 6. The summed E-state index contributed by atoms with van der Waals surface area (Å²) in [6.45, 7) is 7.14. The van der Waals surface area contributed by atoms with E-state index in [1.807, 2.05) is 18.2 Å². The Hall–Kier alpha value is -3.53. The van der Waals surface area contributed by atoms with Crippen molar-refractivity contribution >= 4 is 29.5 Å². The minimum absolute atomic E-state index is 0.124. The number of nitrogens with zero attached hydrogens (tertiary/aromatic N) is 3. The Balaban J connectivity index is 1.97. The molecule has 0 atom stereocenters. The van der Waals surface area contributed by atoms with Crippen LogP contribution in [0.25, 0.3) is 21.2 Å². The van der Waals surface area contributed by atoms with Gasteiger partial charge in [-0.3, -0.25) is 0 Å². The summed E-state index contributed by atoms with van der Waals surface area (Å²) in [6, 6.07) is 33.5. The molecule has 0 aliphatic heterocycles. The molecule has 0 heterocycles. The standard InChI is InChI=1S/C27H27N3OSi/c1-27(2,3)32(22-13-6-4-7-14-22,23-15-8-5-9-16-23)31-26-19-11-17-24-21(20-29-30-28)12-10-18-25(24)26/h4-19H,20H2,1-3H3. The van der Waals surface area contributed by atoms with Gasteiger partial charge in [-0.25, -0.2) is 0 Å². The van der Waals surface area contributed by atoms with Crippen LogP contribution in [0.2, 0.25) is 5.04 Å². The maximum atomic E-state index is 8.79. The summed E-state index contributed by atoms with van der Waals surface area (Å²) in [7, 11) is -2.73. The van der Waals surface area contributed by atoms with E-state index in [4.69, 9.17) is 9.96 Å². The molecule has 0 radical (unpaired) electrons. The van der Waals surface area contributed by atoms with Gasteiger partial charge in [0.1, 0.15) is 5.75 Å². The third kappa shape index (κ3) is 3.89. The van der Waals surface area contributed by atoms with E-state index in [-0.39, 0.29) is 5.04 Å². The molecule has 0 amide bonds. The second-order valence-electron chi connectivity index (χ2n) is 8.92. The van der Waals surface area contributed by atoms with Crippen molar-refractivity contribution in [1.29, 1.82) is 0 Å². The highest BCUT2D eigenvalue weighted by molar-refractivity contribution is 7.00. The lowest BCUT2D eigenvalue weighted by molar-refractivity contribution is 0.513. The average Bonchev–Trinajstić information content (AvgIpc) is 2.81. The maximum Gasteiger partial charge on any atom is 0.319 e. The fourth-order valence-electron chi connectivity index (χ4n) is 4.50. The first kappa shape index (κ1) is 21.7. The highest BCUT2D eigenvalue weighted by Crippen LogP contribution is 2.39. The molecule has 0 spiro atoms. The zero-order valence-corrected chi connectivity index (χ0v) is 19.7. The van der Waals surface area contributed by atoms with Crippen molar-refractivity contribution in [3.8, 4) is 5.75 Å². The molecule has 0 saturated carbocycles. The first-order valence-corrected chi connectivity index (χ1v) is 12.7. The van der Waals surface area contributed by atoms with Gasteiger partial charge in [-0.15, -0.1) is 0 Å². The van der Waals surface area contributed by atoms with Gasteiger partial charge in [0.2, 0.25) is 0 Å². The third-order valence-electron chi connectivity index (χ3n) is 5.96. The Labute approximate surface area is 190 Å². The van der Waals surface area contributed by atoms with Crippen molar-refractivity contribution in [2.45, 2.75) is 32.4 Å². The van der Waals surface area contributed by atoms with Crippen molar-refractivity contribution in [2.24, 2.45) is 5.11 Å². The Kier molecular flexibility index (Phi) is 6.04. The Morgan fingerprint density at radius 1 is 0.750 bits per heavy atom. The number of benzene rings is 4. The molecule has 0 bridgehead atoms. The molecular formula is C27H27N3OSi. The van der Waals surface area contributed by atoms with Gasteiger partial charge in [0.15, 0.2) is 0 Å². The van der Waals surface area contributed by atoms with Gasteiger partial charge in [0, 0.05) is 10.3 Å². The second kappa shape index (κ2) is 8.91. The van der Waals surface area contributed by atoms with E-state index in [0.717, 1.165) is 22.1 Å². The highest BCUT2D eigenvalue weighted by Gasteiger charge is 2.52. The Morgan fingerprint density at radius 3 is 1.88 bits per heavy atom. The van der Waals surface area contributed by atoms with Gasteiger partial charge in [0.25, 0.3) is 0 Å². The van der Waals surface area contributed by atoms with Crippen LogP contribution in [0.15, 0.2) is 102 Å². The number of hydrogen-bond acceptors (Lipinski definition) is 2. The van der Waals surface area contributed by atoms with E-state index < -0.39 is 8.32 Å². The largest absolute Gasteiger partial charge is 0.534 e. The van der Waals surface area contributed by atoms with Crippen LogP contribution >= 0.6 is 0 Å². The summed E-state index contributed by atoms with van der Waals surface area (Å²) in [5.41, 5.74) is 9.78. The summed E-state index contributed by atoms with van der Waals surface area (Å²) >= 11 is 0. The quantitative estimate of drug-likeness (QED) is 0.145. The minimum atomic E-state index is -2.73. The molecule has 0 aliphatic rings. The lowest BCUT2D eigenvalue weighted by Crippen LogP contribution is -2.68. The molecule has 160 valence electrons. The van der Waals surface area contributed by atoms with E-state index in [1.165, 1.54) is 10.4 Å². The van der Waals surface area contributed by atoms with E-state index in [9.17, 15) is 0 Å². The molecule has 4 rings (SSSR count). The molecule has 0 aromatic heterocycles. The van der Waals surface area contributed by atoms with Crippen molar-refractivity contribution in [3.63, 3.8) is 0 Å². The first-order chi connectivity index (χ1) is 15.5. The number of hydrogen-bond donors (Lipinski definition) is 0. The highest BCUT2D eigenvalue weighted by atomic mass is 28.4. The van der Waals surface area contributed by atoms with Crippen LogP contribution in [0.4, 0.5) is 0 Å². The van der Waals surface area contributed by atoms with Crippen LogP contribution in [-0.4, -0.2) is 8.32 Å². The molecule has 4 nitrogen and oxygen atoms in total. The molecule has 0 aliphatic carbocycles. The van der Waals surface area contributed by atoms with Gasteiger partial charge in [-0.2, -0.15) is 0 Å². The molecule has 32 heavy (non-hydrogen) atoms. The van der Waals surface area contributed by atoms with Gasteiger partial charge < -0.3 is 4.43 Å². The Morgan fingerprint density at radius 2 is 1.31 bits per heavy atom. The van der Waals surface area contributed by atoms with Crippen LogP contribution in [0.5, 0.6) is 5.75 Å². The van der Waals surface area contributed by atoms with E-state index >= 15 is 0 Å². The zero-order valence-electron chi connectivity index (χ0n) is 18.7. The van der Waals surface area contributed by atoms with Gasteiger partial charge in [-0.1, -0.05) is 117 Å². The maximum absolute atomic E-state index is 8.79. The van der Waals surface area contributed by atoms with Crippen LogP contribution in [0.3, 0.4) is 0 Å². The average molecular weight is 438 g/mol. The molecule has 5 heteroatoms. The normalized spacial score (nSPS) is 11.7. The summed E-state index contributed by atoms with van der Waals surface area (Å²) < 4.78 is 7.25. The Bertz CT molecular complexity index is 1220. The molecule has 0 unspecified atom stereocenters. The van der Waals surface area contributed by atoms with E-state index in [0.29, 0.717) is 6.54 Å². The van der Waals surface area contributed by atoms with Crippen LogP contribution < -0.4 is 14.8 Å². The predicted molar refractivity (Wildman–Crippen MR) is 135 cm³/mol. The predicted octanol–water partition coefficient (Wildman–Crippen LogP) is 6.59. The molecule has 0 N–H and O–H groups in total. The van der Waals surface area contributed by atoms with Gasteiger partial charge in [-0.05, 0) is 38.0 Å². The number of azide groups is 1. The van der Waals surface area contributed by atoms with Crippen LogP contribution in [-0.2, 0) is 6.54 Å². The van der Waals surface area contributed by atoms with Gasteiger partial charge >= 0.3 is 8.32 Å². The lowest BCUT2D eigenvalue weighted by atomic mass is 10.0. The molecular weight excluding hydrogens is 410 g/mol. The lowest BCUT2D eigenvalue weighted by Gasteiger charge is -2.43. The number of fused-ring (bicyclic) bond motifs is 1. The fraction of sp³-hybridized carbons (Fsp3) is 0.185. The van der Waals surface area contributed by atoms with Crippen LogP contribution in [0, 0.1) is 0 Å². The SMILES string of the molecule is CC(C)(C)[Si](Oc1cccc2c(CN=[N+]=[N-])cccc12)(c1ccccc1)c1ccccc1. The summed E-state index contributed by atoms with van der Waals surface area (Å²) in [4.78, 5) is 2.93.